The summed E-state index contributed by atoms with van der Waals surface area (Å²) in [7, 11) is 3.09. The van der Waals surface area contributed by atoms with Gasteiger partial charge in [-0.05, 0) is 51.3 Å². The molecule has 0 aromatic heterocycles. The van der Waals surface area contributed by atoms with Crippen LogP contribution in [0.1, 0.15) is 53.0 Å². The number of epoxide rings is 1. The van der Waals surface area contributed by atoms with E-state index in [0.29, 0.717) is 12.8 Å². The highest BCUT2D eigenvalue weighted by Gasteiger charge is 2.76. The van der Waals surface area contributed by atoms with E-state index >= 15 is 0 Å². The maximum atomic E-state index is 14.5. The van der Waals surface area contributed by atoms with Crippen LogP contribution in [0.2, 0.25) is 0 Å². The molecule has 9 atom stereocenters. The van der Waals surface area contributed by atoms with Gasteiger partial charge in [0.25, 0.3) is 0 Å². The van der Waals surface area contributed by atoms with E-state index in [2.05, 4.69) is 6.58 Å². The molecule has 0 spiro atoms. The first-order valence-corrected chi connectivity index (χ1v) is 14.6. The molecular weight excluding hydrogens is 544 g/mol. The Labute approximate surface area is 248 Å². The Bertz CT molecular complexity index is 1160. The van der Waals surface area contributed by atoms with Crippen molar-refractivity contribution in [3.63, 3.8) is 0 Å². The quantitative estimate of drug-likeness (QED) is 0.239. The van der Waals surface area contributed by atoms with Crippen LogP contribution in [0.5, 0.6) is 5.75 Å². The summed E-state index contributed by atoms with van der Waals surface area (Å²) in [5.41, 5.74) is -4.56. The first-order valence-electron chi connectivity index (χ1n) is 14.6. The van der Waals surface area contributed by atoms with Gasteiger partial charge in [0.2, 0.25) is 0 Å². The number of Topliss-reactive ketones (excluding diaryl/α,β-unsaturated/α-hetero) is 1. The first-order chi connectivity index (χ1) is 19.7. The molecule has 2 aliphatic heterocycles. The number of carbonyl (C=O) groups is 1. The molecule has 4 aliphatic rings. The fourth-order valence-electron chi connectivity index (χ4n) is 7.80. The molecule has 2 saturated heterocycles. The highest BCUT2D eigenvalue weighted by Crippen LogP contribution is 2.63. The number of hydrogen-bond donors (Lipinski definition) is 2. The van der Waals surface area contributed by atoms with Gasteiger partial charge in [-0.25, -0.2) is 0 Å². The summed E-state index contributed by atoms with van der Waals surface area (Å²) in [5, 5.41) is 24.6. The molecule has 2 saturated carbocycles. The number of ketones is 1. The maximum absolute atomic E-state index is 14.5. The third kappa shape index (κ3) is 4.94. The molecule has 2 heterocycles. The van der Waals surface area contributed by atoms with Gasteiger partial charge in [-0.1, -0.05) is 32.1 Å². The van der Waals surface area contributed by atoms with E-state index in [1.54, 1.807) is 27.0 Å². The predicted molar refractivity (Wildman–Crippen MR) is 152 cm³/mol. The molecule has 0 radical (unpaired) electrons. The van der Waals surface area contributed by atoms with Crippen LogP contribution in [0.15, 0.2) is 36.9 Å². The summed E-state index contributed by atoms with van der Waals surface area (Å²) in [6.45, 7) is 13.0. The summed E-state index contributed by atoms with van der Waals surface area (Å²) < 4.78 is 42.0. The van der Waals surface area contributed by atoms with Crippen molar-refractivity contribution < 1.29 is 48.2 Å². The van der Waals surface area contributed by atoms with Crippen LogP contribution in [-0.4, -0.2) is 90.6 Å². The molecule has 4 fully saturated rings. The van der Waals surface area contributed by atoms with Crippen LogP contribution in [-0.2, 0) is 39.8 Å². The SMILES string of the molecule is C=C[C@@H](OCc1ccc(OC)cc1)[C@]1([C@H]2[C@@H]3O[C@@H]3[C@]3(O)CC[C@H]([C@@H](OCOC)C(=O)[C@]2(C)O)C3(C)C)COC(C)(C)O1. The minimum absolute atomic E-state index is 0.00514. The van der Waals surface area contributed by atoms with Crippen molar-refractivity contribution >= 4 is 5.78 Å². The molecule has 10 nitrogen and oxygen atoms in total. The molecule has 1 aromatic carbocycles. The zero-order chi connectivity index (χ0) is 30.7. The molecule has 2 aliphatic carbocycles. The molecule has 234 valence electrons. The Morgan fingerprint density at radius 2 is 1.81 bits per heavy atom. The number of hydrogen-bond acceptors (Lipinski definition) is 10. The third-order valence-corrected chi connectivity index (χ3v) is 10.2. The van der Waals surface area contributed by atoms with Crippen LogP contribution in [0.25, 0.3) is 0 Å². The molecule has 10 heteroatoms. The van der Waals surface area contributed by atoms with Gasteiger partial charge in [-0.3, -0.25) is 4.79 Å². The van der Waals surface area contributed by atoms with Gasteiger partial charge in [0.05, 0.1) is 37.9 Å². The standard InChI is InChI=1S/C32H46O10/c1-9-22(38-16-19-10-12-20(37-8)13-11-19)31(17-40-29(4,5)42-31)25-24-27(41-24)32(35)15-14-21(28(32,2)3)23(39-18-36-7)26(33)30(25,6)34/h9-13,21-25,27,34-35H,1,14-18H2,2-8H3/t21-,22-,23-,24+,25+,27+,30-,31+,32-/m1/s1. The largest absolute Gasteiger partial charge is 0.497 e. The fraction of sp³-hybridized carbons (Fsp3) is 0.719. The lowest BCUT2D eigenvalue weighted by Crippen LogP contribution is -2.65. The molecule has 1 aromatic rings. The second-order valence-electron chi connectivity index (χ2n) is 13.4. The highest BCUT2D eigenvalue weighted by atomic mass is 16.8. The molecule has 2 bridgehead atoms. The number of fused-ring (bicyclic) bond motifs is 4. The number of rotatable bonds is 10. The van der Waals surface area contributed by atoms with Crippen LogP contribution in [0, 0.1) is 17.3 Å². The van der Waals surface area contributed by atoms with Gasteiger partial charge in [-0.2, -0.15) is 0 Å². The van der Waals surface area contributed by atoms with Crippen LogP contribution < -0.4 is 4.74 Å². The Morgan fingerprint density at radius 3 is 2.38 bits per heavy atom. The van der Waals surface area contributed by atoms with Crippen LogP contribution >= 0.6 is 0 Å². The van der Waals surface area contributed by atoms with Crippen LogP contribution in [0.3, 0.4) is 0 Å². The number of benzene rings is 1. The number of ether oxygens (including phenoxy) is 7. The number of aliphatic hydroxyl groups is 2. The second-order valence-corrected chi connectivity index (χ2v) is 13.4. The Morgan fingerprint density at radius 1 is 1.12 bits per heavy atom. The van der Waals surface area contributed by atoms with Gasteiger partial charge in [0, 0.05) is 18.4 Å². The smallest absolute Gasteiger partial charge is 0.193 e. The van der Waals surface area contributed by atoms with Gasteiger partial charge in [-0.15, -0.1) is 6.58 Å². The summed E-state index contributed by atoms with van der Waals surface area (Å²) in [6.07, 6.45) is -0.641. The van der Waals surface area contributed by atoms with Crippen molar-refractivity contribution in [2.75, 3.05) is 27.6 Å². The Hall–Kier alpha value is -1.89. The molecule has 0 amide bonds. The zero-order valence-corrected chi connectivity index (χ0v) is 25.8. The third-order valence-electron chi connectivity index (χ3n) is 10.2. The molecule has 42 heavy (non-hydrogen) atoms. The zero-order valence-electron chi connectivity index (χ0n) is 25.8. The van der Waals surface area contributed by atoms with E-state index in [-0.39, 0.29) is 25.9 Å². The normalized spacial score (nSPS) is 40.9. The van der Waals surface area contributed by atoms with Crippen molar-refractivity contribution in [1.82, 2.24) is 0 Å². The van der Waals surface area contributed by atoms with E-state index in [1.807, 2.05) is 38.1 Å². The summed E-state index contributed by atoms with van der Waals surface area (Å²) in [4.78, 5) is 14.5. The number of methoxy groups -OCH3 is 2. The fourth-order valence-corrected chi connectivity index (χ4v) is 7.80. The minimum Gasteiger partial charge on any atom is -0.497 e. The molecule has 5 rings (SSSR count). The van der Waals surface area contributed by atoms with Gasteiger partial charge in [0.15, 0.2) is 11.6 Å². The van der Waals surface area contributed by atoms with Crippen molar-refractivity contribution in [3.8, 4) is 5.75 Å². The van der Waals surface area contributed by atoms with Crippen LogP contribution in [0.4, 0.5) is 0 Å². The lowest BCUT2D eigenvalue weighted by Gasteiger charge is -2.47. The number of carbonyl (C=O) groups excluding carboxylic acids is 1. The monoisotopic (exact) mass is 590 g/mol. The maximum Gasteiger partial charge on any atom is 0.193 e. The predicted octanol–water partition coefficient (Wildman–Crippen LogP) is 3.16. The second kappa shape index (κ2) is 10.9. The molecular formula is C32H46O10. The van der Waals surface area contributed by atoms with Gasteiger partial charge < -0.3 is 43.4 Å². The van der Waals surface area contributed by atoms with Crippen molar-refractivity contribution in [3.05, 3.63) is 42.5 Å². The summed E-state index contributed by atoms with van der Waals surface area (Å²) >= 11 is 0. The molecule has 2 N–H and O–H groups in total. The highest BCUT2D eigenvalue weighted by molar-refractivity contribution is 5.92. The van der Waals surface area contributed by atoms with Gasteiger partial charge in [0.1, 0.15) is 42.1 Å². The first kappa shape index (κ1) is 31.5. The van der Waals surface area contributed by atoms with Crippen molar-refractivity contribution in [2.45, 2.75) is 101 Å². The summed E-state index contributed by atoms with van der Waals surface area (Å²) in [5.74, 6) is -2.24. The van der Waals surface area contributed by atoms with E-state index in [9.17, 15) is 15.0 Å². The lowest BCUT2D eigenvalue weighted by atomic mass is 9.67. The average molecular weight is 591 g/mol. The average Bonchev–Trinajstić information content (AvgIpc) is 3.59. The Balaban J connectivity index is 1.58. The van der Waals surface area contributed by atoms with E-state index < -0.39 is 64.1 Å². The summed E-state index contributed by atoms with van der Waals surface area (Å²) in [6, 6.07) is 7.48. The van der Waals surface area contributed by atoms with E-state index in [4.69, 9.17) is 33.2 Å². The van der Waals surface area contributed by atoms with E-state index in [0.717, 1.165) is 11.3 Å². The molecule has 0 unspecified atom stereocenters. The minimum atomic E-state index is -2.02. The van der Waals surface area contributed by atoms with Crippen molar-refractivity contribution in [1.29, 1.82) is 0 Å². The van der Waals surface area contributed by atoms with Gasteiger partial charge >= 0.3 is 0 Å². The Kier molecular flexibility index (Phi) is 8.20. The topological polar surface area (TPSA) is 125 Å². The van der Waals surface area contributed by atoms with E-state index in [1.165, 1.54) is 14.0 Å². The lowest BCUT2D eigenvalue weighted by molar-refractivity contribution is -0.230. The van der Waals surface area contributed by atoms with Crippen molar-refractivity contribution in [2.24, 2.45) is 17.3 Å².